The van der Waals surface area contributed by atoms with Crippen LogP contribution >= 0.6 is 11.6 Å². The lowest BCUT2D eigenvalue weighted by Crippen LogP contribution is -2.31. The molecule has 1 heterocycles. The highest BCUT2D eigenvalue weighted by Gasteiger charge is 2.13. The molecule has 2 aromatic carbocycles. The normalized spacial score (nSPS) is 12.6. The Hall–Kier alpha value is -1.88. The minimum absolute atomic E-state index is 0.0723. The van der Waals surface area contributed by atoms with Crippen molar-refractivity contribution in [1.82, 2.24) is 9.88 Å². The average molecular weight is 361 g/mol. The summed E-state index contributed by atoms with van der Waals surface area (Å²) in [5.74, 6) is -0.295. The molecule has 132 valence electrons. The van der Waals surface area contributed by atoms with E-state index in [9.17, 15) is 9.50 Å². The summed E-state index contributed by atoms with van der Waals surface area (Å²) < 4.78 is 16.2. The van der Waals surface area contributed by atoms with E-state index in [1.54, 1.807) is 12.1 Å². The van der Waals surface area contributed by atoms with Crippen LogP contribution in [0.1, 0.15) is 24.5 Å². The zero-order valence-electron chi connectivity index (χ0n) is 14.2. The van der Waals surface area contributed by atoms with Gasteiger partial charge >= 0.3 is 0 Å². The Bertz CT molecular complexity index is 838. The second-order valence-corrected chi connectivity index (χ2v) is 6.58. The number of nitrogens with one attached hydrogen (secondary N) is 1. The molecule has 5 heteroatoms. The molecule has 0 amide bonds. The minimum atomic E-state index is -0.295. The molecular formula is C20H22ClFN2O. The fourth-order valence-electron chi connectivity index (χ4n) is 3.04. The van der Waals surface area contributed by atoms with Gasteiger partial charge in [-0.15, -0.1) is 0 Å². The van der Waals surface area contributed by atoms with Crippen LogP contribution in [0.25, 0.3) is 10.9 Å². The highest BCUT2D eigenvalue weighted by atomic mass is 35.5. The van der Waals surface area contributed by atoms with E-state index in [-0.39, 0.29) is 18.5 Å². The van der Waals surface area contributed by atoms with E-state index >= 15 is 0 Å². The maximum Gasteiger partial charge on any atom is 0.129 e. The number of fused-ring (bicyclic) bond motifs is 1. The fraction of sp³-hybridized carbons (Fsp3) is 0.300. The van der Waals surface area contributed by atoms with Crippen LogP contribution in [0.15, 0.2) is 48.7 Å². The third kappa shape index (κ3) is 3.87. The van der Waals surface area contributed by atoms with Crippen LogP contribution in [-0.4, -0.2) is 22.3 Å². The Kier molecular flexibility index (Phi) is 5.74. The van der Waals surface area contributed by atoms with Crippen molar-refractivity contribution < 1.29 is 9.50 Å². The van der Waals surface area contributed by atoms with Gasteiger partial charge in [0.15, 0.2) is 0 Å². The molecule has 0 saturated heterocycles. The Morgan fingerprint density at radius 3 is 2.72 bits per heavy atom. The van der Waals surface area contributed by atoms with E-state index in [0.717, 1.165) is 22.9 Å². The number of hydrogen-bond donors (Lipinski definition) is 2. The molecule has 0 saturated carbocycles. The average Bonchev–Trinajstić information content (AvgIpc) is 2.97. The Morgan fingerprint density at radius 2 is 2.00 bits per heavy atom. The predicted octanol–water partition coefficient (Wildman–Crippen LogP) is 4.34. The number of aliphatic hydroxyl groups is 1. The second-order valence-electron chi connectivity index (χ2n) is 6.17. The van der Waals surface area contributed by atoms with Gasteiger partial charge in [0, 0.05) is 40.3 Å². The molecule has 3 aromatic rings. The van der Waals surface area contributed by atoms with Crippen LogP contribution in [0.3, 0.4) is 0 Å². The Morgan fingerprint density at radius 1 is 1.20 bits per heavy atom. The van der Waals surface area contributed by atoms with Gasteiger partial charge in [0.25, 0.3) is 0 Å². The molecule has 25 heavy (non-hydrogen) atoms. The monoisotopic (exact) mass is 360 g/mol. The van der Waals surface area contributed by atoms with Gasteiger partial charge in [0.1, 0.15) is 5.82 Å². The summed E-state index contributed by atoms with van der Waals surface area (Å²) >= 11 is 6.18. The lowest BCUT2D eigenvalue weighted by atomic mass is 10.1. The molecule has 0 aliphatic heterocycles. The summed E-state index contributed by atoms with van der Waals surface area (Å²) in [4.78, 5) is 0. The molecule has 0 spiro atoms. The molecule has 0 radical (unpaired) electrons. The van der Waals surface area contributed by atoms with Gasteiger partial charge in [-0.25, -0.2) is 4.39 Å². The number of benzene rings is 2. The molecule has 3 rings (SSSR count). The largest absolute Gasteiger partial charge is 0.395 e. The summed E-state index contributed by atoms with van der Waals surface area (Å²) in [5, 5.41) is 14.3. The minimum Gasteiger partial charge on any atom is -0.395 e. The molecule has 2 N–H and O–H groups in total. The zero-order valence-corrected chi connectivity index (χ0v) is 14.9. The first-order chi connectivity index (χ1) is 12.1. The van der Waals surface area contributed by atoms with E-state index in [0.29, 0.717) is 23.7 Å². The van der Waals surface area contributed by atoms with Crippen LogP contribution in [0, 0.1) is 5.82 Å². The molecular weight excluding hydrogens is 339 g/mol. The van der Waals surface area contributed by atoms with Crippen molar-refractivity contribution in [2.45, 2.75) is 32.5 Å². The smallest absolute Gasteiger partial charge is 0.129 e. The number of para-hydroxylation sites is 1. The van der Waals surface area contributed by atoms with Crippen LogP contribution in [-0.2, 0) is 13.1 Å². The molecule has 0 aliphatic carbocycles. The molecule has 1 atom stereocenters. The molecule has 1 aromatic heterocycles. The van der Waals surface area contributed by atoms with Crippen LogP contribution in [0.5, 0.6) is 0 Å². The summed E-state index contributed by atoms with van der Waals surface area (Å²) in [5.41, 5.74) is 2.65. The summed E-state index contributed by atoms with van der Waals surface area (Å²) in [6.45, 7) is 3.18. The fourth-order valence-corrected chi connectivity index (χ4v) is 3.26. The quantitative estimate of drug-likeness (QED) is 0.657. The van der Waals surface area contributed by atoms with E-state index < -0.39 is 0 Å². The maximum atomic E-state index is 14.2. The SMILES string of the molecule is CC[C@@H](CO)NCc1cn(Cc2c(F)cccc2Cl)c2ccccc12. The summed E-state index contributed by atoms with van der Waals surface area (Å²) in [7, 11) is 0. The molecule has 0 bridgehead atoms. The van der Waals surface area contributed by atoms with Crippen molar-refractivity contribution in [2.24, 2.45) is 0 Å². The van der Waals surface area contributed by atoms with Gasteiger partial charge in [0.2, 0.25) is 0 Å². The van der Waals surface area contributed by atoms with Gasteiger partial charge in [0.05, 0.1) is 13.2 Å². The predicted molar refractivity (Wildman–Crippen MR) is 100 cm³/mol. The van der Waals surface area contributed by atoms with E-state index in [1.165, 1.54) is 6.07 Å². The molecule has 0 fully saturated rings. The Balaban J connectivity index is 1.94. The standard InChI is InChI=1S/C20H22ClFN2O/c1-2-15(13-25)23-10-14-11-24(20-9-4-3-6-16(14)20)12-17-18(21)7-5-8-19(17)22/h3-9,11,15,23,25H,2,10,12-13H2,1H3/t15-/m0/s1. The van der Waals surface area contributed by atoms with Crippen molar-refractivity contribution in [2.75, 3.05) is 6.61 Å². The van der Waals surface area contributed by atoms with Crippen molar-refractivity contribution >= 4 is 22.5 Å². The van der Waals surface area contributed by atoms with Gasteiger partial charge in [-0.3, -0.25) is 0 Å². The van der Waals surface area contributed by atoms with Crippen molar-refractivity contribution in [3.05, 3.63) is 70.6 Å². The number of nitrogens with zero attached hydrogens (tertiary/aromatic N) is 1. The van der Waals surface area contributed by atoms with Crippen LogP contribution in [0.2, 0.25) is 5.02 Å². The number of aromatic nitrogens is 1. The topological polar surface area (TPSA) is 37.2 Å². The van der Waals surface area contributed by atoms with Crippen molar-refractivity contribution in [3.8, 4) is 0 Å². The Labute approximate surface area is 152 Å². The number of aliphatic hydroxyl groups excluding tert-OH is 1. The van der Waals surface area contributed by atoms with Gasteiger partial charge in [-0.1, -0.05) is 42.8 Å². The first kappa shape index (κ1) is 17.9. The second kappa shape index (κ2) is 8.00. The summed E-state index contributed by atoms with van der Waals surface area (Å²) in [6.07, 6.45) is 2.89. The highest BCUT2D eigenvalue weighted by molar-refractivity contribution is 6.31. The number of halogens is 2. The van der Waals surface area contributed by atoms with E-state index in [2.05, 4.69) is 11.4 Å². The van der Waals surface area contributed by atoms with Crippen molar-refractivity contribution in [1.29, 1.82) is 0 Å². The summed E-state index contributed by atoms with van der Waals surface area (Å²) in [6, 6.07) is 12.9. The van der Waals surface area contributed by atoms with Crippen molar-refractivity contribution in [3.63, 3.8) is 0 Å². The van der Waals surface area contributed by atoms with Gasteiger partial charge in [-0.05, 0) is 30.2 Å². The molecule has 0 aliphatic rings. The third-order valence-corrected chi connectivity index (χ3v) is 4.91. The highest BCUT2D eigenvalue weighted by Crippen LogP contribution is 2.26. The maximum absolute atomic E-state index is 14.2. The first-order valence-corrected chi connectivity index (χ1v) is 8.85. The van der Waals surface area contributed by atoms with Crippen LogP contribution < -0.4 is 5.32 Å². The molecule has 0 unspecified atom stereocenters. The number of hydrogen-bond acceptors (Lipinski definition) is 2. The number of rotatable bonds is 7. The van der Waals surface area contributed by atoms with Crippen LogP contribution in [0.4, 0.5) is 4.39 Å². The lowest BCUT2D eigenvalue weighted by Gasteiger charge is -2.13. The van der Waals surface area contributed by atoms with Gasteiger partial charge in [-0.2, -0.15) is 0 Å². The zero-order chi connectivity index (χ0) is 17.8. The third-order valence-electron chi connectivity index (χ3n) is 4.56. The van der Waals surface area contributed by atoms with Gasteiger partial charge < -0.3 is 15.0 Å². The van der Waals surface area contributed by atoms with E-state index in [4.69, 9.17) is 11.6 Å². The first-order valence-electron chi connectivity index (χ1n) is 8.48. The lowest BCUT2D eigenvalue weighted by molar-refractivity contribution is 0.238. The van der Waals surface area contributed by atoms with E-state index in [1.807, 2.05) is 35.9 Å². The molecule has 3 nitrogen and oxygen atoms in total.